The second kappa shape index (κ2) is 3.68. The number of halogens is 1. The Labute approximate surface area is 92.1 Å². The van der Waals surface area contributed by atoms with Gasteiger partial charge in [0.15, 0.2) is 0 Å². The van der Waals surface area contributed by atoms with E-state index in [4.69, 9.17) is 0 Å². The Morgan fingerprint density at radius 3 is 3.06 bits per heavy atom. The van der Waals surface area contributed by atoms with E-state index >= 15 is 0 Å². The zero-order valence-electron chi connectivity index (χ0n) is 8.65. The van der Waals surface area contributed by atoms with E-state index in [2.05, 4.69) is 15.4 Å². The predicted octanol–water partition coefficient (Wildman–Crippen LogP) is 1.19. The molecule has 3 rings (SSSR count). The topological polar surface area (TPSA) is 42.7 Å². The highest BCUT2D eigenvalue weighted by Gasteiger charge is 2.15. The first-order valence-corrected chi connectivity index (χ1v) is 5.22. The molecule has 0 aliphatic carbocycles. The largest absolute Gasteiger partial charge is 0.309 e. The van der Waals surface area contributed by atoms with Gasteiger partial charge in [0.2, 0.25) is 0 Å². The quantitative estimate of drug-likeness (QED) is 0.781. The van der Waals surface area contributed by atoms with Gasteiger partial charge in [-0.05, 0) is 12.1 Å². The summed E-state index contributed by atoms with van der Waals surface area (Å²) in [7, 11) is 0. The summed E-state index contributed by atoms with van der Waals surface area (Å²) < 4.78 is 14.7. The van der Waals surface area contributed by atoms with Crippen molar-refractivity contribution < 1.29 is 4.39 Å². The van der Waals surface area contributed by atoms with Crippen LogP contribution in [0.5, 0.6) is 0 Å². The fraction of sp³-hybridized carbons (Fsp3) is 0.273. The monoisotopic (exact) mass is 218 g/mol. The smallest absolute Gasteiger partial charge is 0.141 e. The van der Waals surface area contributed by atoms with E-state index in [-0.39, 0.29) is 5.82 Å². The van der Waals surface area contributed by atoms with Crippen molar-refractivity contribution >= 4 is 0 Å². The van der Waals surface area contributed by atoms with Crippen molar-refractivity contribution in [3.63, 3.8) is 0 Å². The Balaban J connectivity index is 2.06. The van der Waals surface area contributed by atoms with Gasteiger partial charge in [-0.1, -0.05) is 0 Å². The maximum atomic E-state index is 12.8. The number of nitrogens with zero attached hydrogens (tertiary/aromatic N) is 3. The first-order chi connectivity index (χ1) is 7.84. The second-order valence-electron chi connectivity index (χ2n) is 3.77. The molecule has 0 amide bonds. The fourth-order valence-corrected chi connectivity index (χ4v) is 1.93. The summed E-state index contributed by atoms with van der Waals surface area (Å²) in [5, 5.41) is 7.58. The van der Waals surface area contributed by atoms with Crippen molar-refractivity contribution in [2.75, 3.05) is 6.54 Å². The molecule has 0 saturated carbocycles. The molecule has 3 heterocycles. The predicted molar refractivity (Wildman–Crippen MR) is 57.1 cm³/mol. The molecule has 2 aromatic rings. The maximum absolute atomic E-state index is 12.8. The molecule has 0 unspecified atom stereocenters. The Hall–Kier alpha value is -1.75. The summed E-state index contributed by atoms with van der Waals surface area (Å²) in [5.74, 6) is -0.317. The number of hydrogen-bond acceptors (Lipinski definition) is 3. The molecule has 4 nitrogen and oxygen atoms in total. The van der Waals surface area contributed by atoms with Gasteiger partial charge >= 0.3 is 0 Å². The molecule has 82 valence electrons. The van der Waals surface area contributed by atoms with Gasteiger partial charge in [-0.3, -0.25) is 9.67 Å². The standard InChI is InChI=1S/C11H11FN4/c12-8-1-2-10(14-5-8)9-6-15-16-4-3-13-7-11(9)16/h1-2,5-6,13H,3-4,7H2. The van der Waals surface area contributed by atoms with Crippen LogP contribution in [0.1, 0.15) is 5.69 Å². The van der Waals surface area contributed by atoms with Gasteiger partial charge in [0.1, 0.15) is 5.82 Å². The minimum atomic E-state index is -0.317. The zero-order chi connectivity index (χ0) is 11.0. The molecule has 16 heavy (non-hydrogen) atoms. The number of fused-ring (bicyclic) bond motifs is 1. The van der Waals surface area contributed by atoms with Crippen LogP contribution in [0.3, 0.4) is 0 Å². The van der Waals surface area contributed by atoms with Gasteiger partial charge < -0.3 is 5.32 Å². The number of hydrogen-bond donors (Lipinski definition) is 1. The van der Waals surface area contributed by atoms with Gasteiger partial charge in [-0.15, -0.1) is 0 Å². The summed E-state index contributed by atoms with van der Waals surface area (Å²) in [6.45, 7) is 2.59. The Kier molecular flexibility index (Phi) is 2.18. The molecule has 0 bridgehead atoms. The number of pyridine rings is 1. The molecule has 5 heteroatoms. The van der Waals surface area contributed by atoms with Crippen LogP contribution in [0.4, 0.5) is 4.39 Å². The molecule has 0 saturated heterocycles. The van der Waals surface area contributed by atoms with Crippen molar-refractivity contribution in [3.8, 4) is 11.3 Å². The zero-order valence-corrected chi connectivity index (χ0v) is 8.65. The van der Waals surface area contributed by atoms with E-state index in [0.29, 0.717) is 0 Å². The number of nitrogens with one attached hydrogen (secondary N) is 1. The van der Waals surface area contributed by atoms with E-state index in [9.17, 15) is 4.39 Å². The van der Waals surface area contributed by atoms with Gasteiger partial charge in [-0.25, -0.2) is 4.39 Å². The SMILES string of the molecule is Fc1ccc(-c2cnn3c2CNCC3)nc1. The van der Waals surface area contributed by atoms with Gasteiger partial charge in [0.05, 0.1) is 30.3 Å². The average Bonchev–Trinajstić information content (AvgIpc) is 2.74. The lowest BCUT2D eigenvalue weighted by Gasteiger charge is -2.15. The number of aromatic nitrogens is 3. The van der Waals surface area contributed by atoms with Crippen LogP contribution in [-0.2, 0) is 13.1 Å². The molecular weight excluding hydrogens is 207 g/mol. The molecule has 0 radical (unpaired) electrons. The molecule has 1 N–H and O–H groups in total. The van der Waals surface area contributed by atoms with Crippen LogP contribution in [0, 0.1) is 5.82 Å². The van der Waals surface area contributed by atoms with E-state index in [0.717, 1.165) is 36.6 Å². The Morgan fingerprint density at radius 1 is 1.31 bits per heavy atom. The van der Waals surface area contributed by atoms with Crippen LogP contribution >= 0.6 is 0 Å². The highest BCUT2D eigenvalue weighted by atomic mass is 19.1. The summed E-state index contributed by atoms with van der Waals surface area (Å²) in [6, 6.07) is 3.10. The van der Waals surface area contributed by atoms with Gasteiger partial charge in [0, 0.05) is 18.7 Å². The summed E-state index contributed by atoms with van der Waals surface area (Å²) in [5.41, 5.74) is 2.86. The third-order valence-corrected chi connectivity index (χ3v) is 2.74. The van der Waals surface area contributed by atoms with Gasteiger partial charge in [-0.2, -0.15) is 5.10 Å². The van der Waals surface area contributed by atoms with Crippen LogP contribution in [0.15, 0.2) is 24.5 Å². The first kappa shape index (κ1) is 9.47. The second-order valence-corrected chi connectivity index (χ2v) is 3.77. The molecule has 0 aromatic carbocycles. The molecule has 2 aromatic heterocycles. The van der Waals surface area contributed by atoms with Crippen molar-refractivity contribution in [1.29, 1.82) is 0 Å². The molecule has 0 atom stereocenters. The average molecular weight is 218 g/mol. The van der Waals surface area contributed by atoms with Crippen LogP contribution in [0.2, 0.25) is 0 Å². The van der Waals surface area contributed by atoms with Crippen molar-refractivity contribution in [1.82, 2.24) is 20.1 Å². The highest BCUT2D eigenvalue weighted by Crippen LogP contribution is 2.22. The Morgan fingerprint density at radius 2 is 2.25 bits per heavy atom. The van der Waals surface area contributed by atoms with Crippen molar-refractivity contribution in [3.05, 3.63) is 36.0 Å². The summed E-state index contributed by atoms with van der Waals surface area (Å²) in [6.07, 6.45) is 3.03. The van der Waals surface area contributed by atoms with Gasteiger partial charge in [0.25, 0.3) is 0 Å². The summed E-state index contributed by atoms with van der Waals surface area (Å²) >= 11 is 0. The molecule has 1 aliphatic rings. The summed E-state index contributed by atoms with van der Waals surface area (Å²) in [4.78, 5) is 4.07. The van der Waals surface area contributed by atoms with E-state index in [1.807, 2.05) is 4.68 Å². The molecular formula is C11H11FN4. The molecule has 0 spiro atoms. The lowest BCUT2D eigenvalue weighted by molar-refractivity contribution is 0.476. The third kappa shape index (κ3) is 1.49. The minimum absolute atomic E-state index is 0.317. The van der Waals surface area contributed by atoms with E-state index in [1.165, 1.54) is 12.3 Å². The maximum Gasteiger partial charge on any atom is 0.141 e. The minimum Gasteiger partial charge on any atom is -0.309 e. The molecule has 0 fully saturated rings. The normalized spacial score (nSPS) is 14.8. The lowest BCUT2D eigenvalue weighted by Crippen LogP contribution is -2.28. The number of rotatable bonds is 1. The Bertz CT molecular complexity index is 503. The fourth-order valence-electron chi connectivity index (χ4n) is 1.93. The molecule has 1 aliphatic heterocycles. The van der Waals surface area contributed by atoms with Crippen molar-refractivity contribution in [2.45, 2.75) is 13.1 Å². The van der Waals surface area contributed by atoms with Crippen LogP contribution in [0.25, 0.3) is 11.3 Å². The highest BCUT2D eigenvalue weighted by molar-refractivity contribution is 5.61. The third-order valence-electron chi connectivity index (χ3n) is 2.74. The van der Waals surface area contributed by atoms with E-state index in [1.54, 1.807) is 12.3 Å². The first-order valence-electron chi connectivity index (χ1n) is 5.22. The van der Waals surface area contributed by atoms with Crippen LogP contribution < -0.4 is 5.32 Å². The van der Waals surface area contributed by atoms with Crippen molar-refractivity contribution in [2.24, 2.45) is 0 Å². The van der Waals surface area contributed by atoms with Crippen LogP contribution in [-0.4, -0.2) is 21.3 Å². The lowest BCUT2D eigenvalue weighted by atomic mass is 10.1. The van der Waals surface area contributed by atoms with E-state index < -0.39 is 0 Å².